The molecule has 0 radical (unpaired) electrons. The predicted molar refractivity (Wildman–Crippen MR) is 115 cm³/mol. The van der Waals surface area contributed by atoms with Crippen LogP contribution in [-0.4, -0.2) is 42.9 Å². The van der Waals surface area contributed by atoms with Gasteiger partial charge in [0.05, 0.1) is 12.5 Å². The Morgan fingerprint density at radius 2 is 2.10 bits per heavy atom. The second-order valence-electron chi connectivity index (χ2n) is 6.82. The second-order valence-corrected chi connectivity index (χ2v) is 6.82. The zero-order valence-corrected chi connectivity index (χ0v) is 17.4. The second kappa shape index (κ2) is 9.44. The number of oxazole rings is 1. The third kappa shape index (κ3) is 4.59. The summed E-state index contributed by atoms with van der Waals surface area (Å²) in [7, 11) is 1.61. The lowest BCUT2D eigenvalue weighted by Crippen LogP contribution is -2.25. The average Bonchev–Trinajstić information content (AvgIpc) is 3.45. The van der Waals surface area contributed by atoms with Crippen LogP contribution < -0.4 is 10.1 Å². The molecule has 0 unspecified atom stereocenters. The van der Waals surface area contributed by atoms with E-state index in [1.54, 1.807) is 25.3 Å². The summed E-state index contributed by atoms with van der Waals surface area (Å²) in [5.41, 5.74) is 2.90. The average molecular weight is 421 g/mol. The Kier molecular flexibility index (Phi) is 6.28. The Labute approximate surface area is 179 Å². The van der Waals surface area contributed by atoms with Gasteiger partial charge in [-0.25, -0.2) is 4.98 Å². The molecule has 8 heteroatoms. The molecule has 0 atom stereocenters. The third-order valence-electron chi connectivity index (χ3n) is 4.75. The molecule has 1 amide bonds. The molecule has 2 heterocycles. The lowest BCUT2D eigenvalue weighted by molar-refractivity contribution is 0.0944. The Balaban J connectivity index is 1.55. The highest BCUT2D eigenvalue weighted by molar-refractivity contribution is 6.00. The van der Waals surface area contributed by atoms with Crippen molar-refractivity contribution in [2.45, 2.75) is 13.3 Å². The quantitative estimate of drug-likeness (QED) is 0.402. The van der Waals surface area contributed by atoms with Crippen LogP contribution in [0.5, 0.6) is 5.75 Å². The van der Waals surface area contributed by atoms with Gasteiger partial charge in [0.25, 0.3) is 5.91 Å². The zero-order valence-electron chi connectivity index (χ0n) is 17.4. The van der Waals surface area contributed by atoms with Crippen LogP contribution in [0.15, 0.2) is 57.7 Å². The Morgan fingerprint density at radius 3 is 2.94 bits per heavy atom. The molecule has 1 N–H and O–H groups in total. The number of benzene rings is 2. The number of methoxy groups -OCH3 is 1. The van der Waals surface area contributed by atoms with Crippen LogP contribution in [0.2, 0.25) is 0 Å². The van der Waals surface area contributed by atoms with E-state index in [0.29, 0.717) is 59.3 Å². The minimum Gasteiger partial charge on any atom is -0.497 e. The Bertz CT molecular complexity index is 1180. The summed E-state index contributed by atoms with van der Waals surface area (Å²) in [6.07, 6.45) is 2.28. The van der Waals surface area contributed by atoms with E-state index < -0.39 is 0 Å². The molecular formula is C23H23N3O5. The van der Waals surface area contributed by atoms with Gasteiger partial charge < -0.3 is 23.7 Å². The summed E-state index contributed by atoms with van der Waals surface area (Å²) in [4.78, 5) is 17.0. The number of amides is 1. The van der Waals surface area contributed by atoms with Crippen LogP contribution in [0.3, 0.4) is 0 Å². The van der Waals surface area contributed by atoms with Crippen molar-refractivity contribution in [3.8, 4) is 28.6 Å². The van der Waals surface area contributed by atoms with Gasteiger partial charge in [-0.05, 0) is 49.7 Å². The van der Waals surface area contributed by atoms with Crippen molar-refractivity contribution in [1.82, 2.24) is 15.5 Å². The van der Waals surface area contributed by atoms with Gasteiger partial charge in [0, 0.05) is 30.9 Å². The molecule has 0 saturated heterocycles. The zero-order chi connectivity index (χ0) is 21.6. The maximum absolute atomic E-state index is 12.5. The van der Waals surface area contributed by atoms with Crippen LogP contribution in [0.1, 0.15) is 23.7 Å². The van der Waals surface area contributed by atoms with Gasteiger partial charge in [-0.1, -0.05) is 11.2 Å². The van der Waals surface area contributed by atoms with Gasteiger partial charge in [-0.3, -0.25) is 4.79 Å². The minimum absolute atomic E-state index is 0.164. The van der Waals surface area contributed by atoms with Gasteiger partial charge in [-0.2, -0.15) is 0 Å². The normalized spacial score (nSPS) is 11.0. The maximum atomic E-state index is 12.5. The Morgan fingerprint density at radius 1 is 1.19 bits per heavy atom. The summed E-state index contributed by atoms with van der Waals surface area (Å²) in [5, 5.41) is 7.71. The van der Waals surface area contributed by atoms with Crippen LogP contribution in [-0.2, 0) is 4.74 Å². The molecule has 4 rings (SSSR count). The van der Waals surface area contributed by atoms with Gasteiger partial charge >= 0.3 is 0 Å². The Hall–Kier alpha value is -3.65. The highest BCUT2D eigenvalue weighted by atomic mass is 16.5. The lowest BCUT2D eigenvalue weighted by Gasteiger charge is -2.05. The molecule has 0 bridgehead atoms. The van der Waals surface area contributed by atoms with Crippen molar-refractivity contribution in [2.24, 2.45) is 0 Å². The molecule has 31 heavy (non-hydrogen) atoms. The SMILES string of the molecule is CCOCCCNC(=O)c1ccc2onc(-c3coc(-c4cccc(OC)c4)n3)c2c1. The number of aromatic nitrogens is 2. The van der Waals surface area contributed by atoms with Gasteiger partial charge in [-0.15, -0.1) is 0 Å². The number of rotatable bonds is 9. The highest BCUT2D eigenvalue weighted by Crippen LogP contribution is 2.31. The smallest absolute Gasteiger partial charge is 0.251 e. The van der Waals surface area contributed by atoms with Crippen LogP contribution in [0.4, 0.5) is 0 Å². The molecule has 4 aromatic rings. The summed E-state index contributed by atoms with van der Waals surface area (Å²) >= 11 is 0. The first-order chi connectivity index (χ1) is 15.2. The molecule has 2 aromatic heterocycles. The summed E-state index contributed by atoms with van der Waals surface area (Å²) < 4.78 is 21.6. The predicted octanol–water partition coefficient (Wildman–Crippen LogP) is 4.31. The van der Waals surface area contributed by atoms with Gasteiger partial charge in [0.15, 0.2) is 5.58 Å². The van der Waals surface area contributed by atoms with E-state index in [0.717, 1.165) is 12.0 Å². The highest BCUT2D eigenvalue weighted by Gasteiger charge is 2.17. The van der Waals surface area contributed by atoms with Crippen molar-refractivity contribution >= 4 is 16.9 Å². The fourth-order valence-corrected chi connectivity index (χ4v) is 3.16. The van der Waals surface area contributed by atoms with E-state index >= 15 is 0 Å². The number of hydrogen-bond acceptors (Lipinski definition) is 7. The van der Waals surface area contributed by atoms with Crippen LogP contribution >= 0.6 is 0 Å². The number of nitrogens with one attached hydrogen (secondary N) is 1. The molecule has 2 aromatic carbocycles. The molecule has 0 spiro atoms. The molecule has 160 valence electrons. The van der Waals surface area contributed by atoms with E-state index in [4.69, 9.17) is 18.4 Å². The van der Waals surface area contributed by atoms with Crippen LogP contribution in [0.25, 0.3) is 33.8 Å². The van der Waals surface area contributed by atoms with E-state index in [-0.39, 0.29) is 5.91 Å². The van der Waals surface area contributed by atoms with Crippen molar-refractivity contribution in [1.29, 1.82) is 0 Å². The van der Waals surface area contributed by atoms with Crippen molar-refractivity contribution < 1.29 is 23.2 Å². The molecule has 0 saturated carbocycles. The van der Waals surface area contributed by atoms with Crippen molar-refractivity contribution in [2.75, 3.05) is 26.9 Å². The van der Waals surface area contributed by atoms with E-state index in [1.807, 2.05) is 31.2 Å². The van der Waals surface area contributed by atoms with E-state index in [9.17, 15) is 4.79 Å². The molecule has 0 aliphatic heterocycles. The van der Waals surface area contributed by atoms with E-state index in [1.165, 1.54) is 6.26 Å². The standard InChI is InChI=1S/C23H23N3O5/c1-3-29-11-5-10-24-22(27)15-8-9-20-18(13-15)21(26-31-20)19-14-30-23(25-19)16-6-4-7-17(12-16)28-2/h4,6-9,12-14H,3,5,10-11H2,1-2H3,(H,24,27). The number of hydrogen-bond donors (Lipinski definition) is 1. The maximum Gasteiger partial charge on any atom is 0.251 e. The van der Waals surface area contributed by atoms with Crippen molar-refractivity contribution in [3.05, 3.63) is 54.3 Å². The third-order valence-corrected chi connectivity index (χ3v) is 4.75. The monoisotopic (exact) mass is 421 g/mol. The summed E-state index contributed by atoms with van der Waals surface area (Å²) in [6, 6.07) is 12.6. The molecule has 8 nitrogen and oxygen atoms in total. The summed E-state index contributed by atoms with van der Waals surface area (Å²) in [6.45, 7) is 3.77. The van der Waals surface area contributed by atoms with Gasteiger partial charge in [0.2, 0.25) is 5.89 Å². The number of ether oxygens (including phenoxy) is 2. The van der Waals surface area contributed by atoms with Crippen molar-refractivity contribution in [3.63, 3.8) is 0 Å². The number of carbonyl (C=O) groups is 1. The molecule has 0 aliphatic carbocycles. The van der Waals surface area contributed by atoms with Crippen LogP contribution in [0, 0.1) is 0 Å². The van der Waals surface area contributed by atoms with Gasteiger partial charge in [0.1, 0.15) is 23.4 Å². The fraction of sp³-hybridized carbons (Fsp3) is 0.261. The largest absolute Gasteiger partial charge is 0.497 e. The first kappa shape index (κ1) is 20.6. The first-order valence-electron chi connectivity index (χ1n) is 10.0. The first-order valence-corrected chi connectivity index (χ1v) is 10.0. The van der Waals surface area contributed by atoms with E-state index in [2.05, 4.69) is 15.5 Å². The molecule has 0 aliphatic rings. The number of nitrogens with zero attached hydrogens (tertiary/aromatic N) is 2. The molecular weight excluding hydrogens is 398 g/mol. The summed E-state index contributed by atoms with van der Waals surface area (Å²) in [5.74, 6) is 0.983. The lowest BCUT2D eigenvalue weighted by atomic mass is 10.1. The molecule has 0 fully saturated rings. The number of fused-ring (bicyclic) bond motifs is 1. The minimum atomic E-state index is -0.164. The fourth-order valence-electron chi connectivity index (χ4n) is 3.16. The number of carbonyl (C=O) groups excluding carboxylic acids is 1. The topological polar surface area (TPSA) is 99.6 Å².